The lowest BCUT2D eigenvalue weighted by Gasteiger charge is -2.20. The van der Waals surface area contributed by atoms with Gasteiger partial charge in [0, 0.05) is 19.4 Å². The molecule has 0 unspecified atom stereocenters. The summed E-state index contributed by atoms with van der Waals surface area (Å²) in [7, 11) is 0. The first-order valence-electron chi connectivity index (χ1n) is 8.03. The predicted octanol–water partition coefficient (Wildman–Crippen LogP) is 3.40. The minimum absolute atomic E-state index is 0.118. The quantitative estimate of drug-likeness (QED) is 0.211. The Hall–Kier alpha value is -1.70. The molecule has 1 aromatic carbocycles. The molecule has 1 rings (SSSR count). The first-order chi connectivity index (χ1) is 13.0. The second-order valence-electron chi connectivity index (χ2n) is 5.79. The molecule has 0 heterocycles. The van der Waals surface area contributed by atoms with Crippen molar-refractivity contribution in [1.82, 2.24) is 0 Å². The van der Waals surface area contributed by atoms with E-state index in [2.05, 4.69) is 17.2 Å². The Kier molecular flexibility index (Phi) is 9.33. The fraction of sp³-hybridized carbons (Fsp3) is 0.333. The van der Waals surface area contributed by atoms with Crippen LogP contribution in [0.4, 0.5) is 11.4 Å². The van der Waals surface area contributed by atoms with Crippen molar-refractivity contribution in [2.24, 2.45) is 0 Å². The van der Waals surface area contributed by atoms with E-state index in [1.165, 1.54) is 20.8 Å². The highest BCUT2D eigenvalue weighted by Gasteiger charge is 2.26. The van der Waals surface area contributed by atoms with Gasteiger partial charge in [0.2, 0.25) is 11.8 Å². The lowest BCUT2D eigenvalue weighted by atomic mass is 10.1. The topological polar surface area (TPSA) is 111 Å². The number of nitrogens with one attached hydrogen (secondary N) is 2. The molecule has 0 aliphatic carbocycles. The fourth-order valence-electron chi connectivity index (χ4n) is 2.09. The molecular weight excluding hydrogens is 594 g/mol. The summed E-state index contributed by atoms with van der Waals surface area (Å²) in [5.74, 6) is -1.88. The molecule has 0 aliphatic heterocycles. The summed E-state index contributed by atoms with van der Waals surface area (Å²) in [6.45, 7) is 9.13. The minimum atomic E-state index is -0.668. The van der Waals surface area contributed by atoms with Crippen LogP contribution in [0.3, 0.4) is 0 Å². The number of amides is 2. The van der Waals surface area contributed by atoms with Crippen LogP contribution in [0.15, 0.2) is 12.2 Å². The normalized spacial score (nSPS) is 10.1. The van der Waals surface area contributed by atoms with E-state index in [0.29, 0.717) is 24.1 Å². The van der Waals surface area contributed by atoms with E-state index in [1.807, 2.05) is 45.2 Å². The number of anilines is 2. The molecule has 0 saturated heterocycles. The molecule has 0 aromatic heterocycles. The van der Waals surface area contributed by atoms with Crippen LogP contribution in [-0.2, 0) is 23.9 Å². The van der Waals surface area contributed by atoms with Gasteiger partial charge in [-0.25, -0.2) is 9.59 Å². The molecule has 1 aromatic rings. The average molecular weight is 614 g/mol. The van der Waals surface area contributed by atoms with E-state index in [1.54, 1.807) is 6.92 Å². The third-order valence-corrected chi connectivity index (χ3v) is 5.49. The number of hydrogen-bond acceptors (Lipinski definition) is 6. The Balaban J connectivity index is 3.19. The van der Waals surface area contributed by atoms with E-state index < -0.39 is 11.9 Å². The van der Waals surface area contributed by atoms with Gasteiger partial charge in [0.05, 0.1) is 24.1 Å². The number of benzene rings is 1. The van der Waals surface area contributed by atoms with E-state index in [-0.39, 0.29) is 36.2 Å². The molecule has 0 bridgehead atoms. The third-order valence-electron chi connectivity index (χ3n) is 3.33. The van der Waals surface area contributed by atoms with Crippen molar-refractivity contribution in [3.05, 3.63) is 30.4 Å². The van der Waals surface area contributed by atoms with Crippen molar-refractivity contribution in [2.45, 2.75) is 27.7 Å². The minimum Gasteiger partial charge on any atom is -0.459 e. The van der Waals surface area contributed by atoms with Crippen molar-refractivity contribution in [3.63, 3.8) is 0 Å². The summed E-state index contributed by atoms with van der Waals surface area (Å²) in [4.78, 5) is 47.1. The molecule has 2 amide bonds. The number of rotatable bonds is 7. The van der Waals surface area contributed by atoms with Crippen LogP contribution in [-0.4, -0.2) is 37.0 Å². The maximum Gasteiger partial charge on any atom is 0.340 e. The Morgan fingerprint density at radius 2 is 1.32 bits per heavy atom. The molecule has 0 saturated carbocycles. The first-order valence-corrected chi connectivity index (χ1v) is 10.2. The second kappa shape index (κ2) is 10.7. The van der Waals surface area contributed by atoms with Crippen molar-refractivity contribution in [3.8, 4) is 0 Å². The lowest BCUT2D eigenvalue weighted by Crippen LogP contribution is -2.20. The molecule has 0 radical (unpaired) electrons. The van der Waals surface area contributed by atoms with E-state index in [0.717, 1.165) is 0 Å². The molecule has 0 fully saturated rings. The number of ether oxygens (including phenoxy) is 2. The highest BCUT2D eigenvalue weighted by Crippen LogP contribution is 2.37. The molecule has 0 spiro atoms. The lowest BCUT2D eigenvalue weighted by molar-refractivity contribution is -0.140. The van der Waals surface area contributed by atoms with Crippen molar-refractivity contribution < 1.29 is 28.7 Å². The number of carbonyl (C=O) groups is 4. The molecule has 2 N–H and O–H groups in total. The number of halogens is 2. The molecule has 10 heteroatoms. The molecule has 152 valence electrons. The molecule has 0 aliphatic rings. The number of hydrogen-bond donors (Lipinski definition) is 2. The zero-order chi connectivity index (χ0) is 21.6. The van der Waals surface area contributed by atoms with Gasteiger partial charge in [-0.15, -0.1) is 0 Å². The van der Waals surface area contributed by atoms with Crippen LogP contribution >= 0.6 is 45.2 Å². The zero-order valence-electron chi connectivity index (χ0n) is 15.8. The van der Waals surface area contributed by atoms with Crippen molar-refractivity contribution in [2.75, 3.05) is 23.8 Å². The first kappa shape index (κ1) is 24.3. The SMILES string of the molecule is C=C(C)C(=O)OCCOC(=O)c1c(I)c(NC(C)=O)c(C)c(NC(C)=O)c1I. The summed E-state index contributed by atoms with van der Waals surface area (Å²) in [5.41, 5.74) is 1.89. The van der Waals surface area contributed by atoms with Gasteiger partial charge in [-0.1, -0.05) is 6.58 Å². The standard InChI is InChI=1S/C18H20I2N2O6/c1-8(2)17(25)27-6-7-28-18(26)12-13(19)15(21-10(4)23)9(3)16(14(12)20)22-11(5)24/h1,6-7H2,2-5H3,(H,21,23)(H,22,24). The highest BCUT2D eigenvalue weighted by molar-refractivity contribution is 14.1. The second-order valence-corrected chi connectivity index (χ2v) is 7.95. The van der Waals surface area contributed by atoms with Gasteiger partial charge in [0.1, 0.15) is 13.2 Å². The van der Waals surface area contributed by atoms with Crippen LogP contribution in [0.5, 0.6) is 0 Å². The molecular formula is C18H20I2N2O6. The maximum atomic E-state index is 12.6. The summed E-state index contributed by atoms with van der Waals surface area (Å²) < 4.78 is 11.0. The predicted molar refractivity (Wildman–Crippen MR) is 121 cm³/mol. The van der Waals surface area contributed by atoms with Gasteiger partial charge in [-0.3, -0.25) is 9.59 Å². The fourth-order valence-corrected chi connectivity index (χ4v) is 4.67. The zero-order valence-corrected chi connectivity index (χ0v) is 20.1. The van der Waals surface area contributed by atoms with Crippen LogP contribution in [0.25, 0.3) is 0 Å². The Morgan fingerprint density at radius 1 is 0.893 bits per heavy atom. The monoisotopic (exact) mass is 614 g/mol. The van der Waals surface area contributed by atoms with Crippen molar-refractivity contribution >= 4 is 80.3 Å². The van der Waals surface area contributed by atoms with Crippen LogP contribution in [0, 0.1) is 14.1 Å². The van der Waals surface area contributed by atoms with Gasteiger partial charge < -0.3 is 20.1 Å². The number of carbonyl (C=O) groups excluding carboxylic acids is 4. The van der Waals surface area contributed by atoms with Gasteiger partial charge >= 0.3 is 11.9 Å². The Morgan fingerprint density at radius 3 is 1.71 bits per heavy atom. The molecule has 8 nitrogen and oxygen atoms in total. The third kappa shape index (κ3) is 6.43. The summed E-state index contributed by atoms with van der Waals surface area (Å²) in [5, 5.41) is 5.37. The van der Waals surface area contributed by atoms with Crippen LogP contribution < -0.4 is 10.6 Å². The summed E-state index contributed by atoms with van der Waals surface area (Å²) >= 11 is 3.88. The highest BCUT2D eigenvalue weighted by atomic mass is 127. The van der Waals surface area contributed by atoms with Gasteiger partial charge in [0.15, 0.2) is 0 Å². The molecule has 0 atom stereocenters. The number of esters is 2. The summed E-state index contributed by atoms with van der Waals surface area (Å²) in [6, 6.07) is 0. The Labute approximate surface area is 190 Å². The van der Waals surface area contributed by atoms with E-state index in [4.69, 9.17) is 9.47 Å². The Bertz CT molecular complexity index is 808. The largest absolute Gasteiger partial charge is 0.459 e. The smallest absolute Gasteiger partial charge is 0.340 e. The van der Waals surface area contributed by atoms with Crippen LogP contribution in [0.1, 0.15) is 36.7 Å². The average Bonchev–Trinajstić information content (AvgIpc) is 2.58. The van der Waals surface area contributed by atoms with E-state index in [9.17, 15) is 19.2 Å². The molecule has 28 heavy (non-hydrogen) atoms. The van der Waals surface area contributed by atoms with Crippen molar-refractivity contribution in [1.29, 1.82) is 0 Å². The maximum absolute atomic E-state index is 12.6. The van der Waals surface area contributed by atoms with Gasteiger partial charge in [-0.05, 0) is 64.6 Å². The summed E-state index contributed by atoms with van der Waals surface area (Å²) in [6.07, 6.45) is 0. The van der Waals surface area contributed by atoms with E-state index >= 15 is 0 Å². The van der Waals surface area contributed by atoms with Crippen LogP contribution in [0.2, 0.25) is 0 Å². The van der Waals surface area contributed by atoms with Gasteiger partial charge in [-0.2, -0.15) is 0 Å². The van der Waals surface area contributed by atoms with Gasteiger partial charge in [0.25, 0.3) is 0 Å².